The largest absolute Gasteiger partial charge is 0.470 e. The molecule has 3 N–H and O–H groups in total. The number of ether oxygens (including phenoxy) is 2. The van der Waals surface area contributed by atoms with Gasteiger partial charge >= 0.3 is 0 Å². The van der Waals surface area contributed by atoms with Crippen LogP contribution >= 0.6 is 0 Å². The molecule has 0 aromatic carbocycles. The standard InChI is InChI=1S/C20H31N3O3/c1-14-8-10-23-20(25-12-11-24)19(14)15-4-6-16(7-5-15)26-13-18-17(21)3-2-9-22-18/h8,10-11,15-18,22H,2-7,9,12-13,21H2,1H3/t15-,16+,17-,18-/m0/s1. The highest BCUT2D eigenvalue weighted by molar-refractivity contribution is 5.51. The summed E-state index contributed by atoms with van der Waals surface area (Å²) in [5.41, 5.74) is 8.52. The predicted molar refractivity (Wildman–Crippen MR) is 100 cm³/mol. The minimum atomic E-state index is 0.0521. The van der Waals surface area contributed by atoms with Gasteiger partial charge in [-0.15, -0.1) is 0 Å². The van der Waals surface area contributed by atoms with E-state index < -0.39 is 0 Å². The molecule has 6 nitrogen and oxygen atoms in total. The minimum Gasteiger partial charge on any atom is -0.470 e. The van der Waals surface area contributed by atoms with E-state index in [1.807, 2.05) is 6.07 Å². The third-order valence-corrected chi connectivity index (χ3v) is 5.69. The second-order valence-corrected chi connectivity index (χ2v) is 7.50. The summed E-state index contributed by atoms with van der Waals surface area (Å²) in [6.45, 7) is 3.88. The van der Waals surface area contributed by atoms with Crippen molar-refractivity contribution in [2.24, 2.45) is 5.73 Å². The van der Waals surface area contributed by atoms with E-state index in [0.717, 1.165) is 56.9 Å². The highest BCUT2D eigenvalue weighted by atomic mass is 16.5. The van der Waals surface area contributed by atoms with Gasteiger partial charge in [-0.3, -0.25) is 4.79 Å². The highest BCUT2D eigenvalue weighted by Crippen LogP contribution is 2.39. The quantitative estimate of drug-likeness (QED) is 0.723. The lowest BCUT2D eigenvalue weighted by atomic mass is 9.81. The average molecular weight is 361 g/mol. The van der Waals surface area contributed by atoms with Crippen LogP contribution in [0.25, 0.3) is 0 Å². The van der Waals surface area contributed by atoms with Gasteiger partial charge in [-0.25, -0.2) is 4.98 Å². The van der Waals surface area contributed by atoms with Gasteiger partial charge in [-0.2, -0.15) is 0 Å². The predicted octanol–water partition coefficient (Wildman–Crippen LogP) is 2.09. The third kappa shape index (κ3) is 4.81. The monoisotopic (exact) mass is 361 g/mol. The van der Waals surface area contributed by atoms with E-state index in [-0.39, 0.29) is 18.7 Å². The summed E-state index contributed by atoms with van der Waals surface area (Å²) in [5, 5.41) is 3.47. The molecule has 1 saturated heterocycles. The summed E-state index contributed by atoms with van der Waals surface area (Å²) >= 11 is 0. The van der Waals surface area contributed by atoms with Gasteiger partial charge < -0.3 is 20.5 Å². The number of hydrogen-bond donors (Lipinski definition) is 2. The molecule has 2 aliphatic rings. The number of carbonyl (C=O) groups excluding carboxylic acids is 1. The van der Waals surface area contributed by atoms with Crippen molar-refractivity contribution in [1.82, 2.24) is 10.3 Å². The number of rotatable bonds is 7. The Labute approximate surface area is 155 Å². The summed E-state index contributed by atoms with van der Waals surface area (Å²) in [5.74, 6) is 1.03. The van der Waals surface area contributed by atoms with E-state index in [1.54, 1.807) is 6.20 Å². The van der Waals surface area contributed by atoms with Crippen molar-refractivity contribution < 1.29 is 14.3 Å². The first-order valence-electron chi connectivity index (χ1n) is 9.81. The fourth-order valence-electron chi connectivity index (χ4n) is 4.19. The van der Waals surface area contributed by atoms with Gasteiger partial charge in [-0.1, -0.05) is 0 Å². The molecule has 1 aromatic rings. The molecule has 0 amide bonds. The summed E-state index contributed by atoms with van der Waals surface area (Å²) in [7, 11) is 0. The lowest BCUT2D eigenvalue weighted by molar-refractivity contribution is -0.109. The molecular weight excluding hydrogens is 330 g/mol. The van der Waals surface area contributed by atoms with E-state index >= 15 is 0 Å². The van der Waals surface area contributed by atoms with Gasteiger partial charge in [0.05, 0.1) is 12.7 Å². The number of nitrogens with two attached hydrogens (primary N) is 1. The first-order valence-corrected chi connectivity index (χ1v) is 9.81. The van der Waals surface area contributed by atoms with E-state index in [4.69, 9.17) is 15.2 Å². The van der Waals surface area contributed by atoms with Crippen molar-refractivity contribution in [3.05, 3.63) is 23.4 Å². The number of aromatic nitrogens is 1. The minimum absolute atomic E-state index is 0.0521. The number of aldehydes is 1. The maximum Gasteiger partial charge on any atom is 0.217 e. The molecule has 1 aliphatic heterocycles. The van der Waals surface area contributed by atoms with Crippen molar-refractivity contribution in [3.63, 3.8) is 0 Å². The number of aryl methyl sites for hydroxylation is 1. The zero-order chi connectivity index (χ0) is 18.4. The van der Waals surface area contributed by atoms with Crippen molar-refractivity contribution in [3.8, 4) is 5.88 Å². The molecule has 6 heteroatoms. The van der Waals surface area contributed by atoms with Crippen LogP contribution in [0.1, 0.15) is 55.6 Å². The molecule has 2 fully saturated rings. The highest BCUT2D eigenvalue weighted by Gasteiger charge is 2.28. The number of piperidine rings is 1. The van der Waals surface area contributed by atoms with Crippen molar-refractivity contribution in [2.45, 2.75) is 69.6 Å². The Bertz CT molecular complexity index is 588. The lowest BCUT2D eigenvalue weighted by Gasteiger charge is -2.34. The number of hydrogen-bond acceptors (Lipinski definition) is 6. The zero-order valence-electron chi connectivity index (χ0n) is 15.7. The molecule has 26 heavy (non-hydrogen) atoms. The topological polar surface area (TPSA) is 86.5 Å². The number of pyridine rings is 1. The lowest BCUT2D eigenvalue weighted by Crippen LogP contribution is -2.52. The second-order valence-electron chi connectivity index (χ2n) is 7.50. The molecule has 0 radical (unpaired) electrons. The van der Waals surface area contributed by atoms with Gasteiger partial charge in [-0.05, 0) is 69.5 Å². The van der Waals surface area contributed by atoms with Gasteiger partial charge in [0.25, 0.3) is 0 Å². The van der Waals surface area contributed by atoms with Gasteiger partial charge in [0.1, 0.15) is 6.61 Å². The Balaban J connectivity index is 1.53. The van der Waals surface area contributed by atoms with Crippen molar-refractivity contribution >= 4 is 6.29 Å². The van der Waals surface area contributed by atoms with Crippen LogP contribution in [0.5, 0.6) is 5.88 Å². The zero-order valence-corrected chi connectivity index (χ0v) is 15.7. The SMILES string of the molecule is Cc1ccnc(OCC=O)c1[C@H]1CC[C@@H](OC[C@@H]2NCCC[C@@H]2N)CC1. The van der Waals surface area contributed by atoms with E-state index in [0.29, 0.717) is 24.5 Å². The Morgan fingerprint density at radius 3 is 2.85 bits per heavy atom. The third-order valence-electron chi connectivity index (χ3n) is 5.69. The molecular formula is C20H31N3O3. The average Bonchev–Trinajstić information content (AvgIpc) is 2.66. The van der Waals surface area contributed by atoms with Crippen molar-refractivity contribution in [1.29, 1.82) is 0 Å². The number of carbonyl (C=O) groups is 1. The van der Waals surface area contributed by atoms with Crippen LogP contribution in [0.3, 0.4) is 0 Å². The summed E-state index contributed by atoms with van der Waals surface area (Å²) in [6.07, 6.45) is 9.23. The first-order chi connectivity index (χ1) is 12.7. The molecule has 0 unspecified atom stereocenters. The van der Waals surface area contributed by atoms with Crippen LogP contribution in [0.4, 0.5) is 0 Å². The van der Waals surface area contributed by atoms with Crippen molar-refractivity contribution in [2.75, 3.05) is 19.8 Å². The molecule has 144 valence electrons. The fourth-order valence-corrected chi connectivity index (χ4v) is 4.19. The fraction of sp³-hybridized carbons (Fsp3) is 0.700. The molecule has 0 bridgehead atoms. The van der Waals surface area contributed by atoms with Crippen LogP contribution in [0.2, 0.25) is 0 Å². The molecule has 1 aromatic heterocycles. The number of nitrogens with one attached hydrogen (secondary N) is 1. The van der Waals surface area contributed by atoms with E-state index in [9.17, 15) is 4.79 Å². The van der Waals surface area contributed by atoms with Gasteiger partial charge in [0.2, 0.25) is 5.88 Å². The normalized spacial score (nSPS) is 29.3. The Kier molecular flexibility index (Phi) is 7.00. The Hall–Kier alpha value is -1.50. The van der Waals surface area contributed by atoms with Gasteiger partial charge in [0.15, 0.2) is 6.29 Å². The Morgan fingerprint density at radius 1 is 1.31 bits per heavy atom. The molecule has 1 saturated carbocycles. The second kappa shape index (κ2) is 9.44. The van der Waals surface area contributed by atoms with Crippen LogP contribution in [0.15, 0.2) is 12.3 Å². The first kappa shape index (κ1) is 19.3. The van der Waals surface area contributed by atoms with Crippen LogP contribution < -0.4 is 15.8 Å². The van der Waals surface area contributed by atoms with E-state index in [1.165, 1.54) is 5.56 Å². The maximum absolute atomic E-state index is 10.6. The molecule has 3 rings (SSSR count). The van der Waals surface area contributed by atoms with Crippen LogP contribution in [-0.2, 0) is 9.53 Å². The Morgan fingerprint density at radius 2 is 2.12 bits per heavy atom. The summed E-state index contributed by atoms with van der Waals surface area (Å²) in [6, 6.07) is 2.50. The summed E-state index contributed by atoms with van der Waals surface area (Å²) < 4.78 is 11.7. The molecule has 2 heterocycles. The molecule has 0 spiro atoms. The summed E-state index contributed by atoms with van der Waals surface area (Å²) in [4.78, 5) is 15.0. The maximum atomic E-state index is 10.6. The van der Waals surface area contributed by atoms with Gasteiger partial charge in [0, 0.05) is 23.8 Å². The van der Waals surface area contributed by atoms with E-state index in [2.05, 4.69) is 17.2 Å². The molecule has 2 atom stereocenters. The molecule has 1 aliphatic carbocycles. The van der Waals surface area contributed by atoms with Crippen LogP contribution in [-0.4, -0.2) is 49.2 Å². The smallest absolute Gasteiger partial charge is 0.217 e. The number of nitrogens with zero attached hydrogens (tertiary/aromatic N) is 1. The van der Waals surface area contributed by atoms with Crippen LogP contribution in [0, 0.1) is 6.92 Å².